The van der Waals surface area contributed by atoms with Gasteiger partial charge in [0.05, 0.1) is 0 Å². The molecule has 0 saturated carbocycles. The van der Waals surface area contributed by atoms with Crippen molar-refractivity contribution in [1.29, 1.82) is 0 Å². The first kappa shape index (κ1) is 17.7. The minimum absolute atomic E-state index is 1.14. The molecule has 0 atom stereocenters. The van der Waals surface area contributed by atoms with Crippen LogP contribution < -0.4 is 0 Å². The first-order valence-electron chi connectivity index (χ1n) is 7.84. The summed E-state index contributed by atoms with van der Waals surface area (Å²) in [5.41, 5.74) is 6.08. The zero-order valence-electron chi connectivity index (χ0n) is 14.1. The Labute approximate surface area is 135 Å². The maximum atomic E-state index is 3.92. The van der Waals surface area contributed by atoms with Crippen LogP contribution in [0.3, 0.4) is 0 Å². The first-order valence-corrected chi connectivity index (χ1v) is 7.84. The van der Waals surface area contributed by atoms with Gasteiger partial charge in [-0.1, -0.05) is 92.8 Å². The molecule has 0 radical (unpaired) electrons. The largest absolute Gasteiger partial charge is 0.0984 e. The summed E-state index contributed by atoms with van der Waals surface area (Å²) in [5.74, 6) is 0. The van der Waals surface area contributed by atoms with E-state index in [-0.39, 0.29) is 0 Å². The van der Waals surface area contributed by atoms with E-state index < -0.39 is 0 Å². The third kappa shape index (κ3) is 5.21. The average Bonchev–Trinajstić information content (AvgIpc) is 2.58. The molecule has 22 heavy (non-hydrogen) atoms. The highest BCUT2D eigenvalue weighted by Gasteiger charge is 2.00. The van der Waals surface area contributed by atoms with Crippen molar-refractivity contribution in [2.24, 2.45) is 0 Å². The third-order valence-corrected chi connectivity index (χ3v) is 3.12. The highest BCUT2D eigenvalue weighted by atomic mass is 14.1. The van der Waals surface area contributed by atoms with E-state index in [0.29, 0.717) is 0 Å². The zero-order chi connectivity index (χ0) is 16.4. The summed E-state index contributed by atoms with van der Waals surface area (Å²) in [5, 5.41) is 0. The molecule has 2 rings (SSSR count). The van der Waals surface area contributed by atoms with Crippen LogP contribution in [0.25, 0.3) is 16.7 Å². The smallest absolute Gasteiger partial charge is 0.0178 e. The van der Waals surface area contributed by atoms with Gasteiger partial charge in [-0.15, -0.1) is 0 Å². The Hall–Kier alpha value is -2.34. The third-order valence-electron chi connectivity index (χ3n) is 3.12. The van der Waals surface area contributed by atoms with Crippen molar-refractivity contribution < 1.29 is 0 Å². The van der Waals surface area contributed by atoms with Crippen LogP contribution >= 0.6 is 0 Å². The summed E-state index contributed by atoms with van der Waals surface area (Å²) in [4.78, 5) is 0. The van der Waals surface area contributed by atoms with E-state index in [4.69, 9.17) is 0 Å². The molecule has 0 saturated heterocycles. The minimum atomic E-state index is 1.14. The van der Waals surface area contributed by atoms with E-state index in [9.17, 15) is 0 Å². The van der Waals surface area contributed by atoms with E-state index in [1.54, 1.807) is 0 Å². The molecule has 0 aliphatic carbocycles. The minimum Gasteiger partial charge on any atom is -0.0984 e. The van der Waals surface area contributed by atoms with Crippen LogP contribution in [0.4, 0.5) is 0 Å². The van der Waals surface area contributed by atoms with Crippen molar-refractivity contribution >= 4 is 5.57 Å². The Morgan fingerprint density at radius 1 is 0.818 bits per heavy atom. The number of benzene rings is 2. The Kier molecular flexibility index (Phi) is 7.70. The summed E-state index contributed by atoms with van der Waals surface area (Å²) in [7, 11) is 0. The van der Waals surface area contributed by atoms with Gasteiger partial charge < -0.3 is 0 Å². The Bertz CT molecular complexity index is 639. The molecule has 0 aliphatic rings. The topological polar surface area (TPSA) is 0 Å². The van der Waals surface area contributed by atoms with Gasteiger partial charge in [0.1, 0.15) is 0 Å². The molecule has 2 aromatic carbocycles. The van der Waals surface area contributed by atoms with Crippen molar-refractivity contribution in [3.63, 3.8) is 0 Å². The van der Waals surface area contributed by atoms with Crippen LogP contribution in [0, 0.1) is 0 Å². The molecule has 2 aromatic rings. The molecular formula is C22H26. The molecule has 0 aliphatic heterocycles. The maximum Gasteiger partial charge on any atom is -0.0178 e. The lowest BCUT2D eigenvalue weighted by atomic mass is 9.98. The Balaban J connectivity index is 0.00000116. The Morgan fingerprint density at radius 2 is 1.45 bits per heavy atom. The molecule has 0 heteroatoms. The van der Waals surface area contributed by atoms with Gasteiger partial charge >= 0.3 is 0 Å². The molecule has 0 bridgehead atoms. The molecule has 114 valence electrons. The van der Waals surface area contributed by atoms with Gasteiger partial charge in [0.2, 0.25) is 0 Å². The van der Waals surface area contributed by atoms with Crippen molar-refractivity contribution in [3.05, 3.63) is 90.5 Å². The summed E-state index contributed by atoms with van der Waals surface area (Å²) >= 11 is 0. The second kappa shape index (κ2) is 9.57. The molecule has 0 fully saturated rings. The molecule has 0 unspecified atom stereocenters. The second-order valence-corrected chi connectivity index (χ2v) is 5.02. The van der Waals surface area contributed by atoms with Crippen LogP contribution in [0.5, 0.6) is 0 Å². The number of hydrogen-bond donors (Lipinski definition) is 0. The van der Waals surface area contributed by atoms with E-state index in [1.165, 1.54) is 22.3 Å². The summed E-state index contributed by atoms with van der Waals surface area (Å²) in [6.07, 6.45) is 6.14. The fourth-order valence-electron chi connectivity index (χ4n) is 2.05. The standard InChI is InChI=1S/C20H20.C2H6/c1-4-17(14-13-16(2)3)19-11-8-12-20(15-19)18-9-6-5-7-10-18;1-2/h4-15H,1H2,2-3H3;1-2H3/b17-14+;. The summed E-state index contributed by atoms with van der Waals surface area (Å²) in [6.45, 7) is 12.1. The predicted octanol–water partition coefficient (Wildman–Crippen LogP) is 6.92. The molecule has 0 nitrogen and oxygen atoms in total. The zero-order valence-corrected chi connectivity index (χ0v) is 14.1. The number of rotatable bonds is 4. The lowest BCUT2D eigenvalue weighted by Gasteiger charge is -2.06. The van der Waals surface area contributed by atoms with Crippen LogP contribution in [0.15, 0.2) is 85.0 Å². The van der Waals surface area contributed by atoms with Gasteiger partial charge in [0.15, 0.2) is 0 Å². The Morgan fingerprint density at radius 3 is 2.05 bits per heavy atom. The van der Waals surface area contributed by atoms with Crippen molar-refractivity contribution in [3.8, 4) is 11.1 Å². The second-order valence-electron chi connectivity index (χ2n) is 5.02. The monoisotopic (exact) mass is 290 g/mol. The lowest BCUT2D eigenvalue weighted by Crippen LogP contribution is -1.83. The molecule has 0 aromatic heterocycles. The van der Waals surface area contributed by atoms with Crippen LogP contribution in [0.2, 0.25) is 0 Å². The molecule has 0 spiro atoms. The van der Waals surface area contributed by atoms with Crippen LogP contribution in [-0.4, -0.2) is 0 Å². The maximum absolute atomic E-state index is 3.92. The normalized spacial score (nSPS) is 10.3. The van der Waals surface area contributed by atoms with Crippen LogP contribution in [-0.2, 0) is 0 Å². The van der Waals surface area contributed by atoms with E-state index in [0.717, 1.165) is 5.57 Å². The fourth-order valence-corrected chi connectivity index (χ4v) is 2.05. The lowest BCUT2D eigenvalue weighted by molar-refractivity contribution is 1.39. The predicted molar refractivity (Wildman–Crippen MR) is 101 cm³/mol. The highest BCUT2D eigenvalue weighted by molar-refractivity contribution is 5.78. The molecule has 0 N–H and O–H groups in total. The van der Waals surface area contributed by atoms with Crippen molar-refractivity contribution in [2.75, 3.05) is 0 Å². The van der Waals surface area contributed by atoms with Gasteiger partial charge in [0.25, 0.3) is 0 Å². The summed E-state index contributed by atoms with van der Waals surface area (Å²) in [6, 6.07) is 19.0. The van der Waals surface area contributed by atoms with Crippen molar-refractivity contribution in [2.45, 2.75) is 27.7 Å². The molecule has 0 heterocycles. The number of hydrogen-bond acceptors (Lipinski definition) is 0. The number of allylic oxidation sites excluding steroid dienone is 5. The SMILES string of the molecule is C=C/C(=C\C=C(C)C)c1cccc(-c2ccccc2)c1.CC. The van der Waals surface area contributed by atoms with Gasteiger partial charge in [-0.05, 0) is 42.2 Å². The average molecular weight is 290 g/mol. The summed E-state index contributed by atoms with van der Waals surface area (Å²) < 4.78 is 0. The first-order chi connectivity index (χ1) is 10.7. The van der Waals surface area contributed by atoms with Gasteiger partial charge in [-0.3, -0.25) is 0 Å². The van der Waals surface area contributed by atoms with E-state index in [2.05, 4.69) is 81.1 Å². The molecule has 0 amide bonds. The molecular weight excluding hydrogens is 264 g/mol. The van der Waals surface area contributed by atoms with Crippen molar-refractivity contribution in [1.82, 2.24) is 0 Å². The van der Waals surface area contributed by atoms with Gasteiger partial charge in [0, 0.05) is 0 Å². The highest BCUT2D eigenvalue weighted by Crippen LogP contribution is 2.24. The van der Waals surface area contributed by atoms with Gasteiger partial charge in [-0.2, -0.15) is 0 Å². The van der Waals surface area contributed by atoms with Crippen LogP contribution in [0.1, 0.15) is 33.3 Å². The van der Waals surface area contributed by atoms with E-state index in [1.807, 2.05) is 26.0 Å². The van der Waals surface area contributed by atoms with Gasteiger partial charge in [-0.25, -0.2) is 0 Å². The quantitative estimate of drug-likeness (QED) is 0.536. The van der Waals surface area contributed by atoms with E-state index >= 15 is 0 Å². The fraction of sp³-hybridized carbons (Fsp3) is 0.182.